The maximum Gasteiger partial charge on any atom is 0.301 e. The molecule has 1 aliphatic heterocycles. The Balaban J connectivity index is 1.68. The SMILES string of the molecule is CCCOc1cccc(/C(O)=C2\C(=O)C(=O)N(c3nc4ccc(Cl)cc4s3)C2c2ccc(O)cc2)c1. The molecule has 2 N–H and O–H groups in total. The summed E-state index contributed by atoms with van der Waals surface area (Å²) >= 11 is 7.35. The van der Waals surface area contributed by atoms with E-state index in [9.17, 15) is 19.8 Å². The minimum atomic E-state index is -0.957. The van der Waals surface area contributed by atoms with Gasteiger partial charge < -0.3 is 14.9 Å². The van der Waals surface area contributed by atoms with Crippen molar-refractivity contribution < 1.29 is 24.5 Å². The van der Waals surface area contributed by atoms with Gasteiger partial charge in [0.25, 0.3) is 5.78 Å². The van der Waals surface area contributed by atoms with Gasteiger partial charge in [0.2, 0.25) is 0 Å². The number of halogens is 1. The van der Waals surface area contributed by atoms with Gasteiger partial charge in [-0.25, -0.2) is 4.98 Å². The lowest BCUT2D eigenvalue weighted by atomic mass is 9.95. The zero-order chi connectivity index (χ0) is 25.4. The summed E-state index contributed by atoms with van der Waals surface area (Å²) < 4.78 is 6.43. The highest BCUT2D eigenvalue weighted by Gasteiger charge is 2.48. The summed E-state index contributed by atoms with van der Waals surface area (Å²) in [6.07, 6.45) is 0.815. The van der Waals surface area contributed by atoms with Crippen LogP contribution in [0.25, 0.3) is 16.0 Å². The lowest BCUT2D eigenvalue weighted by Gasteiger charge is -2.23. The average Bonchev–Trinajstić information content (AvgIpc) is 3.40. The number of aliphatic hydroxyl groups is 1. The van der Waals surface area contributed by atoms with Gasteiger partial charge in [-0.1, -0.05) is 54.1 Å². The number of ether oxygens (including phenoxy) is 1. The van der Waals surface area contributed by atoms with Gasteiger partial charge in [0, 0.05) is 10.6 Å². The van der Waals surface area contributed by atoms with Crippen LogP contribution in [0.15, 0.2) is 72.3 Å². The van der Waals surface area contributed by atoms with Gasteiger partial charge >= 0.3 is 5.91 Å². The molecule has 0 radical (unpaired) electrons. The van der Waals surface area contributed by atoms with Crippen molar-refractivity contribution in [3.8, 4) is 11.5 Å². The van der Waals surface area contributed by atoms with E-state index in [1.54, 1.807) is 54.6 Å². The summed E-state index contributed by atoms with van der Waals surface area (Å²) in [5, 5.41) is 22.0. The number of nitrogens with zero attached hydrogens (tertiary/aromatic N) is 2. The van der Waals surface area contributed by atoms with E-state index in [4.69, 9.17) is 16.3 Å². The number of aromatic hydroxyl groups is 1. The molecule has 0 aliphatic carbocycles. The maximum absolute atomic E-state index is 13.4. The largest absolute Gasteiger partial charge is 0.508 e. The minimum absolute atomic E-state index is 0.0334. The van der Waals surface area contributed by atoms with Crippen molar-refractivity contribution in [1.29, 1.82) is 0 Å². The number of hydrogen-bond acceptors (Lipinski definition) is 7. The number of fused-ring (bicyclic) bond motifs is 1. The van der Waals surface area contributed by atoms with E-state index in [-0.39, 0.29) is 17.1 Å². The number of carbonyl (C=O) groups is 2. The number of anilines is 1. The molecule has 9 heteroatoms. The Morgan fingerprint density at radius 2 is 1.89 bits per heavy atom. The number of rotatable bonds is 6. The van der Waals surface area contributed by atoms with Crippen LogP contribution in [-0.4, -0.2) is 33.5 Å². The fourth-order valence-electron chi connectivity index (χ4n) is 4.10. The first-order chi connectivity index (χ1) is 17.4. The Kier molecular flexibility index (Phi) is 6.38. The summed E-state index contributed by atoms with van der Waals surface area (Å²) in [6, 6.07) is 17.1. The molecule has 7 nitrogen and oxygen atoms in total. The molecule has 0 spiro atoms. The fraction of sp³-hybridized carbons (Fsp3) is 0.148. The van der Waals surface area contributed by atoms with E-state index in [1.165, 1.54) is 28.4 Å². The summed E-state index contributed by atoms with van der Waals surface area (Å²) in [4.78, 5) is 32.6. The molecule has 1 saturated heterocycles. The number of hydrogen-bond donors (Lipinski definition) is 2. The van der Waals surface area contributed by atoms with E-state index in [0.717, 1.165) is 11.1 Å². The van der Waals surface area contributed by atoms with Gasteiger partial charge in [-0.3, -0.25) is 14.5 Å². The van der Waals surface area contributed by atoms with E-state index >= 15 is 0 Å². The monoisotopic (exact) mass is 520 g/mol. The number of aromatic nitrogens is 1. The van der Waals surface area contributed by atoms with Crippen LogP contribution in [0.2, 0.25) is 5.02 Å². The molecule has 2 heterocycles. The molecule has 1 atom stereocenters. The van der Waals surface area contributed by atoms with Crippen LogP contribution in [-0.2, 0) is 9.59 Å². The van der Waals surface area contributed by atoms with Crippen LogP contribution in [0.5, 0.6) is 11.5 Å². The molecule has 0 bridgehead atoms. The topological polar surface area (TPSA) is 100.0 Å². The Morgan fingerprint density at radius 3 is 2.64 bits per heavy atom. The maximum atomic E-state index is 13.4. The molecule has 36 heavy (non-hydrogen) atoms. The molecule has 0 saturated carbocycles. The smallest absolute Gasteiger partial charge is 0.301 e. The molecule has 1 fully saturated rings. The van der Waals surface area contributed by atoms with Gasteiger partial charge in [0.15, 0.2) is 5.13 Å². The molecule has 1 amide bonds. The number of amides is 1. The van der Waals surface area contributed by atoms with Crippen LogP contribution in [0.3, 0.4) is 0 Å². The zero-order valence-corrected chi connectivity index (χ0v) is 20.7. The Hall–Kier alpha value is -3.88. The third-order valence-corrected chi connectivity index (χ3v) is 7.03. The van der Waals surface area contributed by atoms with E-state index in [1.807, 2.05) is 6.92 Å². The number of phenolic OH excluding ortho intramolecular Hbond substituents is 1. The molecule has 1 aliphatic rings. The predicted molar refractivity (Wildman–Crippen MR) is 140 cm³/mol. The van der Waals surface area contributed by atoms with Gasteiger partial charge in [-0.15, -0.1) is 0 Å². The zero-order valence-electron chi connectivity index (χ0n) is 19.1. The number of thiazole rings is 1. The van der Waals surface area contributed by atoms with Crippen LogP contribution < -0.4 is 9.64 Å². The Morgan fingerprint density at radius 1 is 1.11 bits per heavy atom. The molecular weight excluding hydrogens is 500 g/mol. The molecule has 1 unspecified atom stereocenters. The fourth-order valence-corrected chi connectivity index (χ4v) is 5.37. The van der Waals surface area contributed by atoms with Gasteiger partial charge in [0.1, 0.15) is 17.3 Å². The molecule has 5 rings (SSSR count). The van der Waals surface area contributed by atoms with E-state index in [0.29, 0.717) is 39.2 Å². The Bertz CT molecular complexity index is 1510. The van der Waals surface area contributed by atoms with Gasteiger partial charge in [-0.05, 0) is 54.4 Å². The lowest BCUT2D eigenvalue weighted by molar-refractivity contribution is -0.132. The van der Waals surface area contributed by atoms with Crippen molar-refractivity contribution >= 4 is 55.7 Å². The van der Waals surface area contributed by atoms with Gasteiger partial charge in [-0.2, -0.15) is 0 Å². The highest BCUT2D eigenvalue weighted by molar-refractivity contribution is 7.22. The quantitative estimate of drug-likeness (QED) is 0.182. The number of carbonyl (C=O) groups excluding carboxylic acids is 2. The minimum Gasteiger partial charge on any atom is -0.508 e. The number of aliphatic hydroxyl groups excluding tert-OH is 1. The normalized spacial score (nSPS) is 17.2. The van der Waals surface area contributed by atoms with E-state index in [2.05, 4.69) is 4.98 Å². The molecule has 1 aromatic heterocycles. The van der Waals surface area contributed by atoms with Crippen LogP contribution in [0.1, 0.15) is 30.5 Å². The first-order valence-electron chi connectivity index (χ1n) is 11.3. The molecular formula is C27H21ClN2O5S. The van der Waals surface area contributed by atoms with Crippen LogP contribution >= 0.6 is 22.9 Å². The highest BCUT2D eigenvalue weighted by atomic mass is 35.5. The third-order valence-electron chi connectivity index (χ3n) is 5.78. The first kappa shape index (κ1) is 23.8. The van der Waals surface area contributed by atoms with Crippen LogP contribution in [0, 0.1) is 0 Å². The standard InChI is InChI=1S/C27H21ClN2O5S/c1-2-12-35-19-5-3-4-16(13-19)24(32)22-23(15-6-9-18(31)10-7-15)30(26(34)25(22)33)27-29-20-11-8-17(28)14-21(20)36-27/h3-11,13-14,23,31-32H,2,12H2,1H3/b24-22+. The number of Topliss-reactive ketones (excluding diaryl/α,β-unsaturated/α-hetero) is 1. The van der Waals surface area contributed by atoms with E-state index < -0.39 is 17.7 Å². The summed E-state index contributed by atoms with van der Waals surface area (Å²) in [7, 11) is 0. The first-order valence-corrected chi connectivity index (χ1v) is 12.5. The second-order valence-corrected chi connectivity index (χ2v) is 9.69. The lowest BCUT2D eigenvalue weighted by Crippen LogP contribution is -2.29. The second kappa shape index (κ2) is 9.64. The molecule has 3 aromatic carbocycles. The Labute approximate surface area is 215 Å². The predicted octanol–water partition coefficient (Wildman–Crippen LogP) is 6.07. The number of phenols is 1. The number of ketones is 1. The van der Waals surface area contributed by atoms with Crippen molar-refractivity contribution in [3.63, 3.8) is 0 Å². The molecule has 182 valence electrons. The van der Waals surface area contributed by atoms with Crippen molar-refractivity contribution in [2.75, 3.05) is 11.5 Å². The van der Waals surface area contributed by atoms with Gasteiger partial charge in [0.05, 0.1) is 28.4 Å². The van der Waals surface area contributed by atoms with Crippen molar-refractivity contribution in [2.45, 2.75) is 19.4 Å². The van der Waals surface area contributed by atoms with Crippen molar-refractivity contribution in [1.82, 2.24) is 4.98 Å². The van der Waals surface area contributed by atoms with Crippen molar-refractivity contribution in [3.05, 3.63) is 88.5 Å². The highest BCUT2D eigenvalue weighted by Crippen LogP contribution is 2.44. The number of benzene rings is 3. The summed E-state index contributed by atoms with van der Waals surface area (Å²) in [5.74, 6) is -1.38. The summed E-state index contributed by atoms with van der Waals surface area (Å²) in [5.41, 5.74) is 1.44. The average molecular weight is 521 g/mol. The third kappa shape index (κ3) is 4.29. The van der Waals surface area contributed by atoms with Crippen LogP contribution in [0.4, 0.5) is 5.13 Å². The van der Waals surface area contributed by atoms with Crippen molar-refractivity contribution in [2.24, 2.45) is 0 Å². The molecule has 4 aromatic rings. The summed E-state index contributed by atoms with van der Waals surface area (Å²) in [6.45, 7) is 2.49. The second-order valence-electron chi connectivity index (χ2n) is 8.25.